The van der Waals surface area contributed by atoms with Crippen molar-refractivity contribution in [1.29, 1.82) is 5.26 Å². The van der Waals surface area contributed by atoms with Crippen LogP contribution in [0, 0.1) is 18.3 Å². The minimum atomic E-state index is -0.723. The summed E-state index contributed by atoms with van der Waals surface area (Å²) in [4.78, 5) is 0. The molecule has 0 heterocycles. The molecule has 0 saturated heterocycles. The zero-order valence-corrected chi connectivity index (χ0v) is 9.27. The molecule has 3 N–H and O–H groups in total. The molecule has 1 atom stereocenters. The number of hydrogen-bond acceptors (Lipinski definition) is 4. The monoisotopic (exact) mass is 220 g/mol. The number of nitrogens with zero attached hydrogens (tertiary/aromatic N) is 1. The Balaban J connectivity index is 2.52. The van der Waals surface area contributed by atoms with Gasteiger partial charge < -0.3 is 15.5 Å². The highest BCUT2D eigenvalue weighted by Crippen LogP contribution is 2.10. The van der Waals surface area contributed by atoms with Gasteiger partial charge in [0.1, 0.15) is 0 Å². The van der Waals surface area contributed by atoms with Crippen LogP contribution in [0.15, 0.2) is 18.2 Å². The maximum Gasteiger partial charge on any atom is 0.0991 e. The molecule has 0 aliphatic carbocycles. The summed E-state index contributed by atoms with van der Waals surface area (Å²) in [5.41, 5.74) is 2.78. The molecule has 0 saturated carbocycles. The Morgan fingerprint density at radius 3 is 2.81 bits per heavy atom. The first-order valence-electron chi connectivity index (χ1n) is 5.16. The molecule has 0 spiro atoms. The molecule has 0 bridgehead atoms. The van der Waals surface area contributed by atoms with Gasteiger partial charge in [-0.05, 0) is 30.2 Å². The van der Waals surface area contributed by atoms with Crippen molar-refractivity contribution < 1.29 is 10.2 Å². The van der Waals surface area contributed by atoms with Gasteiger partial charge in [-0.25, -0.2) is 0 Å². The van der Waals surface area contributed by atoms with Crippen LogP contribution in [0.5, 0.6) is 0 Å². The topological polar surface area (TPSA) is 76.3 Å². The van der Waals surface area contributed by atoms with E-state index in [-0.39, 0.29) is 6.61 Å². The Morgan fingerprint density at radius 2 is 2.25 bits per heavy atom. The van der Waals surface area contributed by atoms with Gasteiger partial charge in [-0.15, -0.1) is 0 Å². The largest absolute Gasteiger partial charge is 0.394 e. The van der Waals surface area contributed by atoms with Crippen molar-refractivity contribution >= 4 is 0 Å². The number of rotatable bonds is 5. The molecule has 0 fully saturated rings. The first-order chi connectivity index (χ1) is 7.67. The Bertz CT molecular complexity index is 385. The number of aliphatic hydroxyl groups is 2. The molecule has 1 rings (SSSR count). The van der Waals surface area contributed by atoms with Crippen LogP contribution in [-0.4, -0.2) is 29.5 Å². The lowest BCUT2D eigenvalue weighted by atomic mass is 10.1. The van der Waals surface area contributed by atoms with E-state index in [0.717, 1.165) is 11.1 Å². The van der Waals surface area contributed by atoms with E-state index in [2.05, 4.69) is 11.4 Å². The molecular weight excluding hydrogens is 204 g/mol. The van der Waals surface area contributed by atoms with E-state index in [1.54, 1.807) is 6.07 Å². The van der Waals surface area contributed by atoms with E-state index >= 15 is 0 Å². The van der Waals surface area contributed by atoms with Crippen molar-refractivity contribution in [2.45, 2.75) is 19.6 Å². The molecule has 0 amide bonds. The van der Waals surface area contributed by atoms with E-state index in [9.17, 15) is 0 Å². The summed E-state index contributed by atoms with van der Waals surface area (Å²) in [7, 11) is 0. The van der Waals surface area contributed by atoms with Gasteiger partial charge in [0.15, 0.2) is 0 Å². The van der Waals surface area contributed by atoms with Crippen LogP contribution in [-0.2, 0) is 6.54 Å². The molecule has 0 aliphatic heterocycles. The van der Waals surface area contributed by atoms with Crippen LogP contribution in [0.1, 0.15) is 16.7 Å². The Morgan fingerprint density at radius 1 is 1.50 bits per heavy atom. The lowest BCUT2D eigenvalue weighted by Crippen LogP contribution is -2.29. The molecule has 1 aromatic carbocycles. The molecule has 1 unspecified atom stereocenters. The number of benzene rings is 1. The van der Waals surface area contributed by atoms with Crippen LogP contribution < -0.4 is 5.32 Å². The van der Waals surface area contributed by atoms with Gasteiger partial charge in [-0.3, -0.25) is 0 Å². The molecule has 86 valence electrons. The first-order valence-corrected chi connectivity index (χ1v) is 5.16. The Kier molecular flexibility index (Phi) is 4.93. The summed E-state index contributed by atoms with van der Waals surface area (Å²) in [5, 5.41) is 29.5. The van der Waals surface area contributed by atoms with Gasteiger partial charge in [0.05, 0.1) is 24.3 Å². The van der Waals surface area contributed by atoms with Crippen LogP contribution >= 0.6 is 0 Å². The lowest BCUT2D eigenvalue weighted by Gasteiger charge is -2.10. The number of nitriles is 1. The van der Waals surface area contributed by atoms with Crippen LogP contribution in [0.3, 0.4) is 0 Å². The third-order valence-electron chi connectivity index (χ3n) is 2.38. The second-order valence-corrected chi connectivity index (χ2v) is 3.72. The Labute approximate surface area is 95.2 Å². The fraction of sp³-hybridized carbons (Fsp3) is 0.417. The fourth-order valence-electron chi connectivity index (χ4n) is 1.40. The summed E-state index contributed by atoms with van der Waals surface area (Å²) in [6, 6.07) is 7.58. The number of hydrogen-bond donors (Lipinski definition) is 3. The standard InChI is InChI=1S/C12H16N2O2/c1-9-4-10(5-13)2-3-11(9)6-14-7-12(16)8-15/h2-4,12,14-16H,6-8H2,1H3. The Hall–Kier alpha value is -1.41. The molecule has 4 heteroatoms. The average Bonchev–Trinajstić information content (AvgIpc) is 2.30. The number of nitrogens with one attached hydrogen (secondary N) is 1. The summed E-state index contributed by atoms with van der Waals surface area (Å²) in [5.74, 6) is 0. The molecule has 16 heavy (non-hydrogen) atoms. The summed E-state index contributed by atoms with van der Waals surface area (Å²) < 4.78 is 0. The van der Waals surface area contributed by atoms with Crippen LogP contribution in [0.25, 0.3) is 0 Å². The normalized spacial score (nSPS) is 12.1. The van der Waals surface area contributed by atoms with Crippen molar-refractivity contribution in [2.24, 2.45) is 0 Å². The molecule has 0 radical (unpaired) electrons. The van der Waals surface area contributed by atoms with Gasteiger partial charge >= 0.3 is 0 Å². The first kappa shape index (κ1) is 12.7. The van der Waals surface area contributed by atoms with Gasteiger partial charge in [0.2, 0.25) is 0 Å². The quantitative estimate of drug-likeness (QED) is 0.667. The van der Waals surface area contributed by atoms with Gasteiger partial charge in [-0.1, -0.05) is 6.07 Å². The minimum Gasteiger partial charge on any atom is -0.394 e. The van der Waals surface area contributed by atoms with E-state index in [1.165, 1.54) is 0 Å². The maximum absolute atomic E-state index is 9.13. The smallest absolute Gasteiger partial charge is 0.0991 e. The third kappa shape index (κ3) is 3.63. The molecular formula is C12H16N2O2. The van der Waals surface area contributed by atoms with Crippen molar-refractivity contribution in [3.63, 3.8) is 0 Å². The summed E-state index contributed by atoms with van der Waals surface area (Å²) in [6.07, 6.45) is -0.723. The van der Waals surface area contributed by atoms with Crippen molar-refractivity contribution in [3.05, 3.63) is 34.9 Å². The number of aliphatic hydroxyl groups excluding tert-OH is 2. The summed E-state index contributed by atoms with van der Waals surface area (Å²) >= 11 is 0. The SMILES string of the molecule is Cc1cc(C#N)ccc1CNCC(O)CO. The van der Waals surface area contributed by atoms with Gasteiger partial charge in [-0.2, -0.15) is 5.26 Å². The average molecular weight is 220 g/mol. The van der Waals surface area contributed by atoms with E-state index < -0.39 is 6.10 Å². The predicted octanol–water partition coefficient (Wildman–Crippen LogP) is 0.309. The molecule has 1 aromatic rings. The maximum atomic E-state index is 9.13. The van der Waals surface area contributed by atoms with E-state index in [0.29, 0.717) is 18.7 Å². The highest BCUT2D eigenvalue weighted by atomic mass is 16.3. The third-order valence-corrected chi connectivity index (χ3v) is 2.38. The second-order valence-electron chi connectivity index (χ2n) is 3.72. The molecule has 0 aliphatic rings. The predicted molar refractivity (Wildman–Crippen MR) is 60.7 cm³/mol. The van der Waals surface area contributed by atoms with Crippen LogP contribution in [0.2, 0.25) is 0 Å². The van der Waals surface area contributed by atoms with E-state index in [4.69, 9.17) is 15.5 Å². The zero-order valence-electron chi connectivity index (χ0n) is 9.27. The fourth-order valence-corrected chi connectivity index (χ4v) is 1.40. The lowest BCUT2D eigenvalue weighted by molar-refractivity contribution is 0.0942. The highest BCUT2D eigenvalue weighted by molar-refractivity contribution is 5.37. The van der Waals surface area contributed by atoms with Crippen molar-refractivity contribution in [2.75, 3.05) is 13.2 Å². The molecule has 0 aromatic heterocycles. The molecule has 4 nitrogen and oxygen atoms in total. The van der Waals surface area contributed by atoms with Crippen molar-refractivity contribution in [1.82, 2.24) is 5.32 Å². The van der Waals surface area contributed by atoms with Gasteiger partial charge in [0.25, 0.3) is 0 Å². The highest BCUT2D eigenvalue weighted by Gasteiger charge is 2.03. The van der Waals surface area contributed by atoms with Gasteiger partial charge in [0, 0.05) is 13.1 Å². The number of aryl methyl sites for hydroxylation is 1. The van der Waals surface area contributed by atoms with Crippen molar-refractivity contribution in [3.8, 4) is 6.07 Å². The zero-order chi connectivity index (χ0) is 12.0. The summed E-state index contributed by atoms with van der Waals surface area (Å²) in [6.45, 7) is 2.68. The van der Waals surface area contributed by atoms with Crippen LogP contribution in [0.4, 0.5) is 0 Å². The van der Waals surface area contributed by atoms with E-state index in [1.807, 2.05) is 19.1 Å². The minimum absolute atomic E-state index is 0.237. The second kappa shape index (κ2) is 6.23.